The van der Waals surface area contributed by atoms with E-state index in [9.17, 15) is 12.8 Å². The van der Waals surface area contributed by atoms with Crippen molar-refractivity contribution in [3.05, 3.63) is 29.6 Å². The highest BCUT2D eigenvalue weighted by molar-refractivity contribution is 7.89. The van der Waals surface area contributed by atoms with Gasteiger partial charge in [0.15, 0.2) is 0 Å². The molecular formula is C13H17FN2O2S. The van der Waals surface area contributed by atoms with Crippen LogP contribution in [0.4, 0.5) is 4.39 Å². The molecule has 0 atom stereocenters. The van der Waals surface area contributed by atoms with Crippen LogP contribution in [0.5, 0.6) is 0 Å². The van der Waals surface area contributed by atoms with E-state index in [-0.39, 0.29) is 16.5 Å². The third kappa shape index (κ3) is 3.11. The van der Waals surface area contributed by atoms with Crippen LogP contribution in [0.2, 0.25) is 0 Å². The minimum atomic E-state index is -3.70. The van der Waals surface area contributed by atoms with E-state index >= 15 is 0 Å². The van der Waals surface area contributed by atoms with Crippen LogP contribution in [0.1, 0.15) is 32.3 Å². The van der Waals surface area contributed by atoms with Gasteiger partial charge in [0.1, 0.15) is 11.9 Å². The van der Waals surface area contributed by atoms with Crippen molar-refractivity contribution < 1.29 is 12.8 Å². The van der Waals surface area contributed by atoms with Crippen LogP contribution in [-0.2, 0) is 10.0 Å². The summed E-state index contributed by atoms with van der Waals surface area (Å²) in [5.74, 6) is -0.716. The maximum Gasteiger partial charge on any atom is 0.243 e. The SMILES string of the molecule is CCC(CC)N(C)S(=O)(=O)c1ccc(F)c(C#N)c1. The molecule has 19 heavy (non-hydrogen) atoms. The number of benzene rings is 1. The standard InChI is InChI=1S/C13H17FN2O2S/c1-4-11(5-2)16(3)19(17,18)12-6-7-13(14)10(8-12)9-15/h6-8,11H,4-5H2,1-3H3. The summed E-state index contributed by atoms with van der Waals surface area (Å²) in [7, 11) is -2.19. The van der Waals surface area contributed by atoms with E-state index < -0.39 is 15.8 Å². The van der Waals surface area contributed by atoms with Gasteiger partial charge in [0.25, 0.3) is 0 Å². The van der Waals surface area contributed by atoms with E-state index in [0.717, 1.165) is 12.1 Å². The smallest absolute Gasteiger partial charge is 0.207 e. The number of rotatable bonds is 5. The lowest BCUT2D eigenvalue weighted by atomic mass is 10.2. The number of nitrogens with zero attached hydrogens (tertiary/aromatic N) is 2. The molecule has 0 spiro atoms. The Bertz CT molecular complexity index is 589. The van der Waals surface area contributed by atoms with Gasteiger partial charge in [0, 0.05) is 13.1 Å². The Morgan fingerprint density at radius 2 is 1.95 bits per heavy atom. The Hall–Kier alpha value is -1.45. The predicted molar refractivity (Wildman–Crippen MR) is 70.4 cm³/mol. The van der Waals surface area contributed by atoms with E-state index in [1.165, 1.54) is 17.4 Å². The maximum absolute atomic E-state index is 13.2. The van der Waals surface area contributed by atoms with Crippen molar-refractivity contribution in [3.8, 4) is 6.07 Å². The van der Waals surface area contributed by atoms with Crippen LogP contribution in [0.15, 0.2) is 23.1 Å². The lowest BCUT2D eigenvalue weighted by Gasteiger charge is -2.25. The van der Waals surface area contributed by atoms with Crippen molar-refractivity contribution >= 4 is 10.0 Å². The van der Waals surface area contributed by atoms with Gasteiger partial charge in [-0.2, -0.15) is 9.57 Å². The zero-order valence-electron chi connectivity index (χ0n) is 11.2. The summed E-state index contributed by atoms with van der Waals surface area (Å²) in [5, 5.41) is 8.75. The fraction of sp³-hybridized carbons (Fsp3) is 0.462. The van der Waals surface area contributed by atoms with E-state index in [0.29, 0.717) is 12.8 Å². The van der Waals surface area contributed by atoms with E-state index in [4.69, 9.17) is 5.26 Å². The lowest BCUT2D eigenvalue weighted by Crippen LogP contribution is -2.36. The molecule has 1 aromatic rings. The van der Waals surface area contributed by atoms with Crippen molar-refractivity contribution in [1.82, 2.24) is 4.31 Å². The molecule has 0 bridgehead atoms. The highest BCUT2D eigenvalue weighted by Crippen LogP contribution is 2.21. The molecule has 0 heterocycles. The quantitative estimate of drug-likeness (QED) is 0.834. The molecule has 104 valence electrons. The molecule has 0 radical (unpaired) electrons. The zero-order chi connectivity index (χ0) is 14.6. The summed E-state index contributed by atoms with van der Waals surface area (Å²) >= 11 is 0. The Morgan fingerprint density at radius 3 is 2.42 bits per heavy atom. The molecular weight excluding hydrogens is 267 g/mol. The third-order valence-electron chi connectivity index (χ3n) is 3.19. The molecule has 1 rings (SSSR count). The molecule has 0 fully saturated rings. The first-order valence-corrected chi connectivity index (χ1v) is 7.50. The summed E-state index contributed by atoms with van der Waals surface area (Å²) in [6.07, 6.45) is 1.39. The van der Waals surface area contributed by atoms with Gasteiger partial charge >= 0.3 is 0 Å². The Morgan fingerprint density at radius 1 is 1.37 bits per heavy atom. The van der Waals surface area contributed by atoms with Crippen molar-refractivity contribution in [2.75, 3.05) is 7.05 Å². The van der Waals surface area contributed by atoms with E-state index in [2.05, 4.69) is 0 Å². The van der Waals surface area contributed by atoms with Gasteiger partial charge in [-0.05, 0) is 31.0 Å². The minimum Gasteiger partial charge on any atom is -0.207 e. The van der Waals surface area contributed by atoms with Crippen molar-refractivity contribution in [3.63, 3.8) is 0 Å². The maximum atomic E-state index is 13.2. The molecule has 0 saturated heterocycles. The fourth-order valence-corrected chi connectivity index (χ4v) is 3.45. The van der Waals surface area contributed by atoms with Crippen LogP contribution in [0.3, 0.4) is 0 Å². The molecule has 0 aliphatic rings. The normalized spacial score (nSPS) is 11.8. The minimum absolute atomic E-state index is 0.0557. The lowest BCUT2D eigenvalue weighted by molar-refractivity contribution is 0.349. The highest BCUT2D eigenvalue weighted by Gasteiger charge is 2.26. The largest absolute Gasteiger partial charge is 0.243 e. The predicted octanol–water partition coefficient (Wildman–Crippen LogP) is 2.51. The Labute approximate surface area is 113 Å². The van der Waals surface area contributed by atoms with Crippen molar-refractivity contribution in [2.45, 2.75) is 37.6 Å². The van der Waals surface area contributed by atoms with Crippen molar-refractivity contribution in [2.24, 2.45) is 0 Å². The molecule has 4 nitrogen and oxygen atoms in total. The molecule has 1 aromatic carbocycles. The van der Waals surface area contributed by atoms with Gasteiger partial charge in [0.2, 0.25) is 10.0 Å². The van der Waals surface area contributed by atoms with Crippen LogP contribution >= 0.6 is 0 Å². The van der Waals surface area contributed by atoms with Gasteiger partial charge < -0.3 is 0 Å². The topological polar surface area (TPSA) is 61.2 Å². The first kappa shape index (κ1) is 15.6. The van der Waals surface area contributed by atoms with Crippen molar-refractivity contribution in [1.29, 1.82) is 5.26 Å². The zero-order valence-corrected chi connectivity index (χ0v) is 12.0. The monoisotopic (exact) mass is 284 g/mol. The number of sulfonamides is 1. The molecule has 0 aliphatic carbocycles. The first-order chi connectivity index (χ1) is 8.88. The molecule has 0 aliphatic heterocycles. The molecule has 0 N–H and O–H groups in total. The fourth-order valence-electron chi connectivity index (χ4n) is 1.92. The van der Waals surface area contributed by atoms with Gasteiger partial charge in [-0.3, -0.25) is 0 Å². The number of hydrogen-bond acceptors (Lipinski definition) is 3. The third-order valence-corrected chi connectivity index (χ3v) is 5.10. The van der Waals surface area contributed by atoms with Crippen LogP contribution in [-0.4, -0.2) is 25.8 Å². The number of halogens is 1. The highest BCUT2D eigenvalue weighted by atomic mass is 32.2. The molecule has 0 amide bonds. The van der Waals surface area contributed by atoms with Crippen LogP contribution in [0, 0.1) is 17.1 Å². The van der Waals surface area contributed by atoms with Gasteiger partial charge in [-0.25, -0.2) is 12.8 Å². The molecule has 6 heteroatoms. The second-order valence-corrected chi connectivity index (χ2v) is 6.24. The summed E-state index contributed by atoms with van der Waals surface area (Å²) in [4.78, 5) is -0.0557. The van der Waals surface area contributed by atoms with E-state index in [1.54, 1.807) is 6.07 Å². The Kier molecular flexibility index (Phi) is 5.04. The van der Waals surface area contributed by atoms with Crippen LogP contribution in [0.25, 0.3) is 0 Å². The average molecular weight is 284 g/mol. The van der Waals surface area contributed by atoms with Gasteiger partial charge in [0.05, 0.1) is 10.5 Å². The van der Waals surface area contributed by atoms with Gasteiger partial charge in [-0.15, -0.1) is 0 Å². The summed E-state index contributed by atoms with van der Waals surface area (Å²) in [6, 6.07) is 4.80. The van der Waals surface area contributed by atoms with E-state index in [1.807, 2.05) is 13.8 Å². The summed E-state index contributed by atoms with van der Waals surface area (Å²) < 4.78 is 39.2. The van der Waals surface area contributed by atoms with Crippen LogP contribution < -0.4 is 0 Å². The number of nitriles is 1. The van der Waals surface area contributed by atoms with Gasteiger partial charge in [-0.1, -0.05) is 13.8 Å². The molecule has 0 aromatic heterocycles. The first-order valence-electron chi connectivity index (χ1n) is 6.06. The second-order valence-electron chi connectivity index (χ2n) is 4.25. The number of hydrogen-bond donors (Lipinski definition) is 0. The molecule has 0 saturated carbocycles. The average Bonchev–Trinajstić information content (AvgIpc) is 2.40. The summed E-state index contributed by atoms with van der Waals surface area (Å²) in [6.45, 7) is 3.82. The second kappa shape index (κ2) is 6.13. The Balaban J connectivity index is 3.25. The molecule has 0 unspecified atom stereocenters. The summed E-state index contributed by atoms with van der Waals surface area (Å²) in [5.41, 5.74) is -0.265.